The molecule has 0 amide bonds. The highest BCUT2D eigenvalue weighted by Crippen LogP contribution is 2.74. The van der Waals surface area contributed by atoms with Gasteiger partial charge in [-0.3, -0.25) is 9.59 Å². The van der Waals surface area contributed by atoms with Gasteiger partial charge < -0.3 is 28.1 Å². The summed E-state index contributed by atoms with van der Waals surface area (Å²) in [4.78, 5) is 39.5. The van der Waals surface area contributed by atoms with Gasteiger partial charge >= 0.3 is 17.9 Å². The van der Waals surface area contributed by atoms with Crippen LogP contribution in [0.5, 0.6) is 0 Å². The number of ether oxygens (including phenoxy) is 5. The first kappa shape index (κ1) is 31.9. The molecule has 0 N–H and O–H groups in total. The number of rotatable bonds is 7. The van der Waals surface area contributed by atoms with Gasteiger partial charge in [-0.25, -0.2) is 4.79 Å². The van der Waals surface area contributed by atoms with Crippen LogP contribution in [0.1, 0.15) is 70.9 Å². The van der Waals surface area contributed by atoms with Gasteiger partial charge in [0, 0.05) is 53.9 Å². The number of hydrogen-bond donors (Lipinski definition) is 0. The van der Waals surface area contributed by atoms with Crippen molar-refractivity contribution in [2.24, 2.45) is 28.1 Å². The summed E-state index contributed by atoms with van der Waals surface area (Å²) in [6.07, 6.45) is 5.65. The predicted octanol–water partition coefficient (Wildman–Crippen LogP) is 6.04. The molecule has 47 heavy (non-hydrogen) atoms. The third-order valence-corrected chi connectivity index (χ3v) is 12.5. The monoisotopic (exact) mass is 644 g/mol. The van der Waals surface area contributed by atoms with Gasteiger partial charge in [0.25, 0.3) is 0 Å². The van der Waals surface area contributed by atoms with Crippen LogP contribution in [0.25, 0.3) is 6.08 Å². The summed E-state index contributed by atoms with van der Waals surface area (Å²) >= 11 is 0. The van der Waals surface area contributed by atoms with Crippen molar-refractivity contribution >= 4 is 24.0 Å². The van der Waals surface area contributed by atoms with Crippen molar-refractivity contribution in [3.63, 3.8) is 0 Å². The third kappa shape index (κ3) is 4.75. The second kappa shape index (κ2) is 11.5. The predicted molar refractivity (Wildman–Crippen MR) is 171 cm³/mol. The van der Waals surface area contributed by atoms with E-state index in [2.05, 4.69) is 27.7 Å². The van der Waals surface area contributed by atoms with Gasteiger partial charge in [0.1, 0.15) is 12.2 Å². The van der Waals surface area contributed by atoms with Crippen LogP contribution in [0.4, 0.5) is 0 Å². The van der Waals surface area contributed by atoms with Crippen LogP contribution in [0, 0.1) is 28.1 Å². The molecule has 9 nitrogen and oxygen atoms in total. The number of methoxy groups -OCH3 is 1. The maximum absolute atomic E-state index is 13.6. The van der Waals surface area contributed by atoms with Gasteiger partial charge in [-0.2, -0.15) is 0 Å². The maximum Gasteiger partial charge on any atom is 0.331 e. The van der Waals surface area contributed by atoms with E-state index in [4.69, 9.17) is 28.1 Å². The first-order chi connectivity index (χ1) is 22.4. The Morgan fingerprint density at radius 2 is 1.79 bits per heavy atom. The quantitative estimate of drug-likeness (QED) is 0.154. The van der Waals surface area contributed by atoms with Crippen LogP contribution in [-0.4, -0.2) is 62.1 Å². The zero-order valence-corrected chi connectivity index (χ0v) is 27.9. The number of carbonyl (C=O) groups is 3. The molecule has 0 radical (unpaired) electrons. The average Bonchev–Trinajstić information content (AvgIpc) is 3.82. The summed E-state index contributed by atoms with van der Waals surface area (Å²) in [7, 11) is 1.41. The largest absolute Gasteiger partial charge is 0.472 e. The summed E-state index contributed by atoms with van der Waals surface area (Å²) in [5.74, 6) is -1.70. The molecule has 0 bridgehead atoms. The molecule has 1 aromatic carbocycles. The number of furan rings is 1. The van der Waals surface area contributed by atoms with Gasteiger partial charge in [0.15, 0.2) is 0 Å². The number of esters is 3. The standard InChI is InChI=1S/C38H44O9/c1-21-25(24-14-15-43-19-24)16-26-32(21)38(5)27(17-31(41)42-6)37(4)29(47-30(40)13-12-23-10-8-7-9-11-23)18-28(45-22(2)39)36(3)20-44-33(34(36)37)35(38)46-26/h7-15,19,25-29,33-35H,16-18,20H2,1-6H3/b13-12+. The van der Waals surface area contributed by atoms with Gasteiger partial charge in [0.2, 0.25) is 0 Å². The topological polar surface area (TPSA) is 111 Å². The molecule has 11 unspecified atom stereocenters. The third-order valence-electron chi connectivity index (χ3n) is 12.5. The minimum Gasteiger partial charge on any atom is -0.472 e. The summed E-state index contributed by atoms with van der Waals surface area (Å²) in [6, 6.07) is 11.5. The fourth-order valence-electron chi connectivity index (χ4n) is 10.6. The van der Waals surface area contributed by atoms with Crippen molar-refractivity contribution in [1.29, 1.82) is 0 Å². The first-order valence-corrected chi connectivity index (χ1v) is 16.6. The molecule has 1 aromatic heterocycles. The number of allylic oxidation sites excluding steroid dienone is 1. The lowest BCUT2D eigenvalue weighted by atomic mass is 9.40. The van der Waals surface area contributed by atoms with E-state index in [1.165, 1.54) is 31.3 Å². The average molecular weight is 645 g/mol. The van der Waals surface area contributed by atoms with Crippen molar-refractivity contribution < 1.29 is 42.5 Å². The normalized spacial score (nSPS) is 40.1. The molecule has 2 aliphatic heterocycles. The van der Waals surface area contributed by atoms with Crippen molar-refractivity contribution in [3.05, 3.63) is 77.3 Å². The minimum atomic E-state index is -0.776. The van der Waals surface area contributed by atoms with E-state index in [0.717, 1.165) is 17.5 Å². The Morgan fingerprint density at radius 3 is 2.47 bits per heavy atom. The van der Waals surface area contributed by atoms with Gasteiger partial charge in [-0.15, -0.1) is 0 Å². The van der Waals surface area contributed by atoms with Crippen LogP contribution in [-0.2, 0) is 38.1 Å². The molecule has 3 aliphatic carbocycles. The lowest BCUT2D eigenvalue weighted by molar-refractivity contribution is -0.251. The smallest absolute Gasteiger partial charge is 0.331 e. The molecule has 4 fully saturated rings. The second-order valence-corrected chi connectivity index (χ2v) is 14.7. The Balaban J connectivity index is 1.36. The Morgan fingerprint density at radius 1 is 1.02 bits per heavy atom. The van der Waals surface area contributed by atoms with Gasteiger partial charge in [-0.05, 0) is 48.1 Å². The maximum atomic E-state index is 13.6. The highest BCUT2D eigenvalue weighted by Gasteiger charge is 2.78. The molecule has 2 aromatic rings. The lowest BCUT2D eigenvalue weighted by Gasteiger charge is -2.65. The van der Waals surface area contributed by atoms with Crippen molar-refractivity contribution in [3.8, 4) is 0 Å². The highest BCUT2D eigenvalue weighted by atomic mass is 16.6. The van der Waals surface area contributed by atoms with Gasteiger partial charge in [0.05, 0.1) is 44.6 Å². The van der Waals surface area contributed by atoms with Crippen LogP contribution in [0.2, 0.25) is 0 Å². The first-order valence-electron chi connectivity index (χ1n) is 16.6. The van der Waals surface area contributed by atoms with Crippen LogP contribution in [0.3, 0.4) is 0 Å². The molecule has 5 aliphatic rings. The zero-order chi connectivity index (χ0) is 33.3. The number of fused-ring (bicyclic) bond motifs is 4. The SMILES string of the molecule is COC(=O)CC1C2(C)C3=C(C)C(c4ccoc4)CC3OC2C2OCC3(C)C(OC(C)=O)CC(OC(=O)/C=C/c4ccccc4)C1(C)C23. The Bertz CT molecular complexity index is 1610. The van der Waals surface area contributed by atoms with Crippen LogP contribution >= 0.6 is 0 Å². The minimum absolute atomic E-state index is 0.106. The molecule has 7 rings (SSSR count). The van der Waals surface area contributed by atoms with Crippen molar-refractivity contribution in [2.75, 3.05) is 13.7 Å². The molecule has 9 heteroatoms. The van der Waals surface area contributed by atoms with E-state index in [0.29, 0.717) is 6.61 Å². The van der Waals surface area contributed by atoms with Crippen LogP contribution < -0.4 is 0 Å². The molecule has 0 spiro atoms. The molecular formula is C38H44O9. The summed E-state index contributed by atoms with van der Waals surface area (Å²) in [6.45, 7) is 10.4. The van der Waals surface area contributed by atoms with Gasteiger partial charge in [-0.1, -0.05) is 56.7 Å². The molecule has 2 saturated heterocycles. The van der Waals surface area contributed by atoms with E-state index in [-0.39, 0.29) is 54.9 Å². The Hall–Kier alpha value is -3.69. The van der Waals surface area contributed by atoms with E-state index in [1.54, 1.807) is 18.6 Å². The zero-order valence-electron chi connectivity index (χ0n) is 27.9. The lowest BCUT2D eigenvalue weighted by Crippen LogP contribution is -2.71. The number of hydrogen-bond acceptors (Lipinski definition) is 9. The van der Waals surface area contributed by atoms with E-state index in [1.807, 2.05) is 36.4 Å². The summed E-state index contributed by atoms with van der Waals surface area (Å²) in [5, 5.41) is 0. The van der Waals surface area contributed by atoms with Crippen LogP contribution in [0.15, 0.2) is 70.6 Å². The van der Waals surface area contributed by atoms with E-state index >= 15 is 0 Å². The molecule has 250 valence electrons. The number of carbonyl (C=O) groups excluding carboxylic acids is 3. The summed E-state index contributed by atoms with van der Waals surface area (Å²) < 4.78 is 37.0. The van der Waals surface area contributed by atoms with E-state index in [9.17, 15) is 14.4 Å². The Kier molecular flexibility index (Phi) is 7.79. The molecule has 2 saturated carbocycles. The summed E-state index contributed by atoms with van der Waals surface area (Å²) in [5.41, 5.74) is 2.36. The molecular weight excluding hydrogens is 600 g/mol. The van der Waals surface area contributed by atoms with Crippen molar-refractivity contribution in [2.45, 2.75) is 90.3 Å². The Labute approximate surface area is 275 Å². The fraction of sp³-hybridized carbons (Fsp3) is 0.553. The number of benzene rings is 1. The highest BCUT2D eigenvalue weighted by molar-refractivity contribution is 5.87. The fourth-order valence-corrected chi connectivity index (χ4v) is 10.6. The second-order valence-electron chi connectivity index (χ2n) is 14.7. The molecule has 3 heterocycles. The van der Waals surface area contributed by atoms with E-state index < -0.39 is 40.4 Å². The molecule has 11 atom stereocenters. The van der Waals surface area contributed by atoms with Crippen molar-refractivity contribution in [1.82, 2.24) is 0 Å².